The van der Waals surface area contributed by atoms with Gasteiger partial charge in [-0.15, -0.1) is 5.12 Å². The fraction of sp³-hybridized carbons (Fsp3) is 0.500. The molecule has 1 rings (SSSR count). The average molecular weight is 180 g/mol. The molecule has 1 heterocycles. The normalized spacial score (nSPS) is 25.3. The van der Waals surface area contributed by atoms with Crippen molar-refractivity contribution in [2.24, 2.45) is 0 Å². The predicted molar refractivity (Wildman–Crippen MR) is 37.3 cm³/mol. The first-order valence-corrected chi connectivity index (χ1v) is 3.35. The molecule has 5 heteroatoms. The maximum Gasteiger partial charge on any atom is 0.281 e. The molecule has 0 radical (unpaired) electrons. The van der Waals surface area contributed by atoms with Crippen molar-refractivity contribution >= 4 is 17.5 Å². The summed E-state index contributed by atoms with van der Waals surface area (Å²) in [6.45, 7) is 1.45. The Morgan fingerprint density at radius 2 is 2.27 bits per heavy atom. The molecule has 1 aliphatic heterocycles. The van der Waals surface area contributed by atoms with Gasteiger partial charge in [-0.2, -0.15) is 0 Å². The Kier molecular flexibility index (Phi) is 2.15. The highest BCUT2D eigenvalue weighted by molar-refractivity contribution is 6.33. The van der Waals surface area contributed by atoms with Gasteiger partial charge < -0.3 is 4.74 Å². The maximum absolute atomic E-state index is 12.7. The number of rotatable bonds is 1. The smallest absolute Gasteiger partial charge is 0.281 e. The van der Waals surface area contributed by atoms with Gasteiger partial charge in [0.2, 0.25) is 0 Å². The van der Waals surface area contributed by atoms with E-state index in [2.05, 4.69) is 4.74 Å². The third-order valence-electron chi connectivity index (χ3n) is 1.52. The van der Waals surface area contributed by atoms with Gasteiger partial charge in [-0.3, -0.25) is 4.79 Å². The first kappa shape index (κ1) is 8.49. The SMILES string of the molecule is COC1C(Cl)=C(C)C(=O)N1F. The number of ether oxygens (including phenoxy) is 1. The average Bonchev–Trinajstić information content (AvgIpc) is 2.17. The Morgan fingerprint density at radius 3 is 2.45 bits per heavy atom. The monoisotopic (exact) mass is 179 g/mol. The summed E-state index contributed by atoms with van der Waals surface area (Å²) >= 11 is 5.57. The number of amides is 1. The van der Waals surface area contributed by atoms with Crippen LogP contribution in [0.4, 0.5) is 4.48 Å². The molecule has 0 bridgehead atoms. The summed E-state index contributed by atoms with van der Waals surface area (Å²) in [6, 6.07) is 0. The van der Waals surface area contributed by atoms with Crippen LogP contribution in [0, 0.1) is 0 Å². The highest BCUT2D eigenvalue weighted by Crippen LogP contribution is 2.28. The number of methoxy groups -OCH3 is 1. The molecule has 0 saturated carbocycles. The molecule has 62 valence electrons. The molecule has 1 aliphatic rings. The lowest BCUT2D eigenvalue weighted by atomic mass is 10.3. The second kappa shape index (κ2) is 2.79. The Hall–Kier alpha value is -0.610. The van der Waals surface area contributed by atoms with Crippen LogP contribution in [0.1, 0.15) is 6.92 Å². The van der Waals surface area contributed by atoms with E-state index in [-0.39, 0.29) is 15.7 Å². The van der Waals surface area contributed by atoms with Gasteiger partial charge in [-0.25, -0.2) is 0 Å². The van der Waals surface area contributed by atoms with Crippen molar-refractivity contribution in [3.05, 3.63) is 10.6 Å². The van der Waals surface area contributed by atoms with Crippen molar-refractivity contribution in [2.75, 3.05) is 7.11 Å². The summed E-state index contributed by atoms with van der Waals surface area (Å²) < 4.78 is 17.3. The molecule has 1 atom stereocenters. The molecule has 0 N–H and O–H groups in total. The fourth-order valence-electron chi connectivity index (χ4n) is 0.850. The summed E-state index contributed by atoms with van der Waals surface area (Å²) in [5.41, 5.74) is 0.195. The van der Waals surface area contributed by atoms with Crippen LogP contribution in [0.5, 0.6) is 0 Å². The second-order valence-corrected chi connectivity index (χ2v) is 2.58. The quantitative estimate of drug-likeness (QED) is 0.566. The van der Waals surface area contributed by atoms with Crippen LogP contribution < -0.4 is 0 Å². The van der Waals surface area contributed by atoms with Crippen LogP contribution in [0.2, 0.25) is 0 Å². The van der Waals surface area contributed by atoms with E-state index in [0.29, 0.717) is 0 Å². The number of nitrogens with zero attached hydrogens (tertiary/aromatic N) is 1. The molecular weight excluding hydrogens is 173 g/mol. The molecule has 0 saturated heterocycles. The van der Waals surface area contributed by atoms with Crippen LogP contribution >= 0.6 is 11.6 Å². The topological polar surface area (TPSA) is 29.5 Å². The van der Waals surface area contributed by atoms with E-state index in [9.17, 15) is 9.28 Å². The van der Waals surface area contributed by atoms with Crippen molar-refractivity contribution in [3.63, 3.8) is 0 Å². The molecule has 0 aromatic heterocycles. The Bertz CT molecular complexity index is 229. The Labute approximate surface area is 68.3 Å². The summed E-state index contributed by atoms with van der Waals surface area (Å²) in [7, 11) is 1.28. The zero-order chi connectivity index (χ0) is 8.59. The first-order chi connectivity index (χ1) is 5.09. The summed E-state index contributed by atoms with van der Waals surface area (Å²) in [5, 5.41) is 0.0810. The lowest BCUT2D eigenvalue weighted by Gasteiger charge is -2.12. The number of carbonyl (C=O) groups excluding carboxylic acids is 1. The molecule has 0 aromatic carbocycles. The summed E-state index contributed by atoms with van der Waals surface area (Å²) in [4.78, 5) is 10.8. The minimum Gasteiger partial charge on any atom is -0.354 e. The third kappa shape index (κ3) is 1.12. The molecule has 0 aliphatic carbocycles. The van der Waals surface area contributed by atoms with Crippen LogP contribution in [-0.4, -0.2) is 24.4 Å². The molecular formula is C6H7ClFNO2. The minimum absolute atomic E-state index is 0.0301. The number of halogens is 2. The predicted octanol–water partition coefficient (Wildman–Crippen LogP) is 1.20. The van der Waals surface area contributed by atoms with Crippen molar-refractivity contribution < 1.29 is 14.0 Å². The van der Waals surface area contributed by atoms with Crippen molar-refractivity contribution in [1.82, 2.24) is 5.12 Å². The zero-order valence-electron chi connectivity index (χ0n) is 6.10. The Morgan fingerprint density at radius 1 is 1.73 bits per heavy atom. The molecule has 0 aromatic rings. The number of hydrogen-bond acceptors (Lipinski definition) is 2. The highest BCUT2D eigenvalue weighted by Gasteiger charge is 2.37. The number of carbonyl (C=O) groups is 1. The highest BCUT2D eigenvalue weighted by atomic mass is 35.5. The van der Waals surface area contributed by atoms with Gasteiger partial charge in [-0.1, -0.05) is 16.1 Å². The molecule has 0 spiro atoms. The van der Waals surface area contributed by atoms with Gasteiger partial charge in [0.25, 0.3) is 5.91 Å². The minimum atomic E-state index is -1.05. The lowest BCUT2D eigenvalue weighted by Crippen LogP contribution is -2.28. The van der Waals surface area contributed by atoms with Crippen LogP contribution in [0.25, 0.3) is 0 Å². The second-order valence-electron chi connectivity index (χ2n) is 2.18. The largest absolute Gasteiger partial charge is 0.354 e. The van der Waals surface area contributed by atoms with E-state index in [0.717, 1.165) is 0 Å². The standard InChI is InChI=1S/C6H7ClFNO2/c1-3-4(7)6(11-2)9(8)5(3)10/h6H,1-2H3. The maximum atomic E-state index is 12.7. The van der Waals surface area contributed by atoms with Crippen molar-refractivity contribution in [1.29, 1.82) is 0 Å². The van der Waals surface area contributed by atoms with Crippen molar-refractivity contribution in [3.8, 4) is 0 Å². The van der Waals surface area contributed by atoms with E-state index < -0.39 is 12.1 Å². The van der Waals surface area contributed by atoms with E-state index in [1.54, 1.807) is 0 Å². The van der Waals surface area contributed by atoms with Gasteiger partial charge in [0, 0.05) is 12.7 Å². The third-order valence-corrected chi connectivity index (χ3v) is 1.99. The molecule has 0 fully saturated rings. The van der Waals surface area contributed by atoms with Crippen LogP contribution in [0.3, 0.4) is 0 Å². The van der Waals surface area contributed by atoms with E-state index in [4.69, 9.17) is 11.6 Å². The molecule has 3 nitrogen and oxygen atoms in total. The zero-order valence-corrected chi connectivity index (χ0v) is 6.85. The van der Waals surface area contributed by atoms with E-state index in [1.807, 2.05) is 0 Å². The van der Waals surface area contributed by atoms with E-state index >= 15 is 0 Å². The lowest BCUT2D eigenvalue weighted by molar-refractivity contribution is -0.159. The fourth-order valence-corrected chi connectivity index (χ4v) is 1.11. The van der Waals surface area contributed by atoms with Gasteiger partial charge in [-0.05, 0) is 6.92 Å². The first-order valence-electron chi connectivity index (χ1n) is 2.98. The van der Waals surface area contributed by atoms with E-state index in [1.165, 1.54) is 14.0 Å². The van der Waals surface area contributed by atoms with Crippen LogP contribution in [0.15, 0.2) is 10.6 Å². The van der Waals surface area contributed by atoms with Gasteiger partial charge >= 0.3 is 0 Å². The summed E-state index contributed by atoms with van der Waals surface area (Å²) in [5.74, 6) is -0.734. The van der Waals surface area contributed by atoms with Gasteiger partial charge in [0.1, 0.15) is 0 Å². The molecule has 1 amide bonds. The molecule has 1 unspecified atom stereocenters. The number of hydrogen-bond donors (Lipinski definition) is 0. The van der Waals surface area contributed by atoms with Gasteiger partial charge in [0.15, 0.2) is 6.23 Å². The Balaban J connectivity index is 2.95. The van der Waals surface area contributed by atoms with Crippen molar-refractivity contribution in [2.45, 2.75) is 13.2 Å². The van der Waals surface area contributed by atoms with Gasteiger partial charge in [0.05, 0.1) is 5.03 Å². The van der Waals surface area contributed by atoms with Crippen LogP contribution in [-0.2, 0) is 9.53 Å². The summed E-state index contributed by atoms with van der Waals surface area (Å²) in [6.07, 6.45) is -1.05. The molecule has 11 heavy (non-hydrogen) atoms.